The Morgan fingerprint density at radius 2 is 1.11 bits per heavy atom. The third-order valence-electron chi connectivity index (χ3n) is 6.74. The fraction of sp³-hybridized carbons (Fsp3) is 0.667. The molecule has 0 aliphatic heterocycles. The Balaban J connectivity index is 0.00000364. The van der Waals surface area contributed by atoms with Crippen LogP contribution in [-0.4, -0.2) is 6.88 Å². The van der Waals surface area contributed by atoms with Crippen molar-refractivity contribution in [3.63, 3.8) is 0 Å². The van der Waals surface area contributed by atoms with E-state index in [0.717, 1.165) is 0 Å². The molecule has 0 aromatic carbocycles. The van der Waals surface area contributed by atoms with Crippen LogP contribution >= 0.6 is 24.8 Å². The Morgan fingerprint density at radius 1 is 0.750 bits per heavy atom. The molecule has 2 aliphatic carbocycles. The van der Waals surface area contributed by atoms with Crippen molar-refractivity contribution < 1.29 is 17.4 Å². The molecule has 162 valence electrons. The second kappa shape index (κ2) is 11.9. The van der Waals surface area contributed by atoms with Crippen LogP contribution in [0, 0.1) is 0 Å². The second-order valence-corrected chi connectivity index (χ2v) is 38.3. The average molecular weight is 523 g/mol. The predicted molar refractivity (Wildman–Crippen MR) is 134 cm³/mol. The summed E-state index contributed by atoms with van der Waals surface area (Å²) in [6.45, 7) is 11.8. The first-order valence-corrected chi connectivity index (χ1v) is 24.5. The van der Waals surface area contributed by atoms with E-state index in [4.69, 9.17) is 0 Å². The summed E-state index contributed by atoms with van der Waals surface area (Å²) in [7, 11) is 0. The monoisotopic (exact) mass is 520 g/mol. The van der Waals surface area contributed by atoms with Gasteiger partial charge in [-0.15, -0.1) is 24.8 Å². The van der Waals surface area contributed by atoms with Gasteiger partial charge in [-0.2, -0.15) is 0 Å². The minimum absolute atomic E-state index is 0. The normalized spacial score (nSPS) is 17.4. The van der Waals surface area contributed by atoms with E-state index in [-0.39, 0.29) is 24.8 Å². The van der Waals surface area contributed by atoms with Crippen LogP contribution in [0.25, 0.3) is 0 Å². The summed E-state index contributed by atoms with van der Waals surface area (Å²) in [4.78, 5) is 0. The van der Waals surface area contributed by atoms with Gasteiger partial charge in [0.2, 0.25) is 0 Å². The van der Waals surface area contributed by atoms with Crippen LogP contribution in [0.3, 0.4) is 0 Å². The molecule has 0 atom stereocenters. The van der Waals surface area contributed by atoms with Gasteiger partial charge in [-0.05, 0) is 0 Å². The minimum atomic E-state index is -3.04. The van der Waals surface area contributed by atoms with E-state index < -0.39 is 17.4 Å². The zero-order valence-electron chi connectivity index (χ0n) is 19.2. The molecule has 4 heteroatoms. The molecular formula is C24H44Cl2SiZr. The van der Waals surface area contributed by atoms with Gasteiger partial charge < -0.3 is 0 Å². The van der Waals surface area contributed by atoms with Crippen LogP contribution in [-0.2, 0) is 17.4 Å². The quantitative estimate of drug-likeness (QED) is 0.252. The number of unbranched alkanes of at least 4 members (excludes halogenated alkanes) is 2. The summed E-state index contributed by atoms with van der Waals surface area (Å²) >= 11 is -3.04. The Labute approximate surface area is 190 Å². The van der Waals surface area contributed by atoms with Gasteiger partial charge in [0, 0.05) is 0 Å². The molecule has 0 heterocycles. The Bertz CT molecular complexity index is 676. The summed E-state index contributed by atoms with van der Waals surface area (Å²) in [6, 6.07) is 0. The molecule has 0 fully saturated rings. The molecule has 0 bridgehead atoms. The van der Waals surface area contributed by atoms with E-state index in [9.17, 15) is 0 Å². The molecule has 28 heavy (non-hydrogen) atoms. The van der Waals surface area contributed by atoms with E-state index in [1.807, 2.05) is 6.56 Å². The molecule has 2 aliphatic rings. The van der Waals surface area contributed by atoms with Crippen LogP contribution in [0.1, 0.15) is 91.9 Å². The number of hydrogen-bond acceptors (Lipinski definition) is 0. The zero-order chi connectivity index (χ0) is 19.4. The van der Waals surface area contributed by atoms with E-state index in [2.05, 4.69) is 56.0 Å². The minimum Gasteiger partial charge on any atom is -0.147 e. The van der Waals surface area contributed by atoms with Crippen molar-refractivity contribution in [1.29, 1.82) is 0 Å². The molecule has 2 rings (SSSR count). The van der Waals surface area contributed by atoms with Crippen molar-refractivity contribution in [3.8, 4) is 0 Å². The van der Waals surface area contributed by atoms with Gasteiger partial charge in [-0.3, -0.25) is 0 Å². The van der Waals surface area contributed by atoms with Gasteiger partial charge in [-0.25, -0.2) is 0 Å². The molecule has 0 aromatic heterocycles. The first-order valence-electron chi connectivity index (χ1n) is 11.2. The number of halogens is 2. The fourth-order valence-electron chi connectivity index (χ4n) is 4.99. The molecule has 0 spiro atoms. The molecular weight excluding hydrogens is 478 g/mol. The fourth-order valence-corrected chi connectivity index (χ4v) is 20.2. The Hall–Kier alpha value is 0.640. The maximum atomic E-state index is 2.74. The summed E-state index contributed by atoms with van der Waals surface area (Å²) in [5.41, 5.74) is 6.88. The molecule has 0 nitrogen and oxygen atoms in total. The van der Waals surface area contributed by atoms with E-state index in [1.165, 1.54) is 64.2 Å². The van der Waals surface area contributed by atoms with Crippen molar-refractivity contribution in [2.24, 2.45) is 0 Å². The van der Waals surface area contributed by atoms with E-state index in [1.54, 1.807) is 22.3 Å². The van der Waals surface area contributed by atoms with Gasteiger partial charge in [0.1, 0.15) is 0 Å². The van der Waals surface area contributed by atoms with Crippen molar-refractivity contribution in [2.45, 2.75) is 101 Å². The predicted octanol–water partition coefficient (Wildman–Crippen LogP) is 8.53. The van der Waals surface area contributed by atoms with Crippen LogP contribution < -0.4 is 0 Å². The maximum Gasteiger partial charge on any atom is -0.147 e. The smallest absolute Gasteiger partial charge is 0.147 e. The molecule has 0 amide bonds. The summed E-state index contributed by atoms with van der Waals surface area (Å²) in [5, 5.41) is 0. The number of hydrogen-bond donors (Lipinski definition) is 0. The van der Waals surface area contributed by atoms with Gasteiger partial charge in [0.05, 0.1) is 0 Å². The van der Waals surface area contributed by atoms with E-state index >= 15 is 0 Å². The van der Waals surface area contributed by atoms with Crippen molar-refractivity contribution in [2.75, 3.05) is 0 Å². The molecule has 0 unspecified atom stereocenters. The third kappa shape index (κ3) is 6.32. The number of allylic oxidation sites excluding steroid dienone is 8. The maximum absolute atomic E-state index is 3.04. The van der Waals surface area contributed by atoms with Crippen LogP contribution in [0.5, 0.6) is 0 Å². The Morgan fingerprint density at radius 3 is 1.39 bits per heavy atom. The van der Waals surface area contributed by atoms with Crippen molar-refractivity contribution in [1.82, 2.24) is 0 Å². The second-order valence-electron chi connectivity index (χ2n) is 9.57. The average Bonchev–Trinajstić information content (AvgIpc) is 3.22. The number of rotatable bonds is 10. The zero-order valence-corrected chi connectivity index (χ0v) is 24.8. The first kappa shape index (κ1) is 28.6. The standard InChI is InChI=1S/2C11H17.2CH3.2ClH.H2Si.Zr/c2*1-3-5-6-11-8-7-10(4-2)9-11;;;;;;/h2*9H,3-6,8H2,1-2H3;2*1H3;2*1H;1H2;. The van der Waals surface area contributed by atoms with Crippen LogP contribution in [0.15, 0.2) is 41.0 Å². The van der Waals surface area contributed by atoms with Gasteiger partial charge in [-0.1, -0.05) is 0 Å². The van der Waals surface area contributed by atoms with Crippen molar-refractivity contribution in [3.05, 3.63) is 41.0 Å². The Kier molecular flexibility index (Phi) is 12.1. The SMILES string of the molecule is CCCCC1=CC(CC)=[C]([Zr]([CH3])([CH3])(=[SiH2])[C]2=C(CC)C=C(CCCC)C2)C1.Cl.Cl. The molecule has 0 saturated heterocycles. The molecule has 0 N–H and O–H groups in total. The third-order valence-corrected chi connectivity index (χ3v) is 23.8. The topological polar surface area (TPSA) is 0 Å². The summed E-state index contributed by atoms with van der Waals surface area (Å²) in [5.74, 6) is 0. The van der Waals surface area contributed by atoms with Gasteiger partial charge in [0.15, 0.2) is 0 Å². The van der Waals surface area contributed by atoms with Crippen LogP contribution in [0.4, 0.5) is 0 Å². The molecule has 0 saturated carbocycles. The molecule has 0 radical (unpaired) electrons. The summed E-state index contributed by atoms with van der Waals surface area (Å²) < 4.78 is 9.32. The van der Waals surface area contributed by atoms with Gasteiger partial charge in [0.25, 0.3) is 0 Å². The van der Waals surface area contributed by atoms with Crippen molar-refractivity contribution >= 4 is 31.7 Å². The summed E-state index contributed by atoms with van der Waals surface area (Å²) in [6.07, 6.45) is 18.2. The van der Waals surface area contributed by atoms with Crippen LogP contribution in [0.2, 0.25) is 9.26 Å². The first-order chi connectivity index (χ1) is 12.3. The van der Waals surface area contributed by atoms with E-state index in [0.29, 0.717) is 0 Å². The largest absolute Gasteiger partial charge is 0.147 e. The molecule has 0 aromatic rings. The van der Waals surface area contributed by atoms with Gasteiger partial charge >= 0.3 is 166 Å².